The molecule has 0 saturated carbocycles. The third-order valence-corrected chi connectivity index (χ3v) is 5.39. The van der Waals surface area contributed by atoms with E-state index in [9.17, 15) is 19.2 Å². The molecular weight excluding hydrogens is 546 g/mol. The highest BCUT2D eigenvalue weighted by atomic mass is 79.9. The van der Waals surface area contributed by atoms with E-state index in [2.05, 4.69) is 59.1 Å². The molecule has 0 aliphatic carbocycles. The van der Waals surface area contributed by atoms with Crippen LogP contribution in [0, 0.1) is 0 Å². The van der Waals surface area contributed by atoms with Crippen molar-refractivity contribution in [2.45, 2.75) is 58.0 Å². The number of ether oxygens (including phenoxy) is 1. The molecule has 0 bridgehead atoms. The molecule has 0 aromatic carbocycles. The summed E-state index contributed by atoms with van der Waals surface area (Å²) in [7, 11) is 1.32. The summed E-state index contributed by atoms with van der Waals surface area (Å²) in [5.41, 5.74) is 1.50. The summed E-state index contributed by atoms with van der Waals surface area (Å²) in [5.74, 6) is -1.47. The smallest absolute Gasteiger partial charge is 0.305 e. The van der Waals surface area contributed by atoms with Crippen LogP contribution in [0.3, 0.4) is 0 Å². The second kappa shape index (κ2) is 17.6. The van der Waals surface area contributed by atoms with Crippen molar-refractivity contribution in [2.75, 3.05) is 17.8 Å². The van der Waals surface area contributed by atoms with Crippen LogP contribution < -0.4 is 16.0 Å². The van der Waals surface area contributed by atoms with Crippen molar-refractivity contribution in [2.24, 2.45) is 0 Å². The number of unbranched alkanes of at least 4 members (excludes halogenated alkanes) is 1. The lowest BCUT2D eigenvalue weighted by molar-refractivity contribution is -0.140. The van der Waals surface area contributed by atoms with Gasteiger partial charge in [-0.05, 0) is 44.8 Å². The van der Waals surface area contributed by atoms with Crippen molar-refractivity contribution in [3.05, 3.63) is 36.1 Å². The molecule has 0 saturated heterocycles. The quantitative estimate of drug-likeness (QED) is 0.120. The fraction of sp³-hybridized carbons (Fsp3) is 0.545. The highest BCUT2D eigenvalue weighted by Gasteiger charge is 2.21. The molecule has 0 fully saturated rings. The molecule has 180 valence electrons. The Labute approximate surface area is 206 Å². The molecule has 0 radical (unpaired) electrons. The number of esters is 1. The highest BCUT2D eigenvalue weighted by Crippen LogP contribution is 2.07. The number of hydrogen-bond donors (Lipinski definition) is 3. The zero-order valence-electron chi connectivity index (χ0n) is 18.8. The number of hydrogen-bond acceptors (Lipinski definition) is 5. The third-order valence-electron chi connectivity index (χ3n) is 4.28. The molecule has 0 heterocycles. The van der Waals surface area contributed by atoms with Crippen LogP contribution in [0.5, 0.6) is 0 Å². The van der Waals surface area contributed by atoms with Gasteiger partial charge in [-0.25, -0.2) is 0 Å². The fourth-order valence-corrected chi connectivity index (χ4v) is 3.02. The van der Waals surface area contributed by atoms with Gasteiger partial charge in [0.25, 0.3) is 0 Å². The lowest BCUT2D eigenvalue weighted by atomic mass is 10.1. The predicted molar refractivity (Wildman–Crippen MR) is 132 cm³/mol. The summed E-state index contributed by atoms with van der Waals surface area (Å²) in [6.45, 7) is 6.85. The van der Waals surface area contributed by atoms with Gasteiger partial charge in [0.2, 0.25) is 17.7 Å². The largest absolute Gasteiger partial charge is 0.469 e. The van der Waals surface area contributed by atoms with Gasteiger partial charge in [-0.2, -0.15) is 0 Å². The Balaban J connectivity index is 4.68. The highest BCUT2D eigenvalue weighted by molar-refractivity contribution is 9.09. The van der Waals surface area contributed by atoms with Crippen LogP contribution in [0.1, 0.15) is 46.0 Å². The van der Waals surface area contributed by atoms with Gasteiger partial charge in [0, 0.05) is 29.2 Å². The summed E-state index contributed by atoms with van der Waals surface area (Å²) in [6.07, 6.45) is 7.55. The van der Waals surface area contributed by atoms with Gasteiger partial charge < -0.3 is 20.7 Å². The minimum atomic E-state index is -0.807. The van der Waals surface area contributed by atoms with Crippen LogP contribution in [0.2, 0.25) is 0 Å². The van der Waals surface area contributed by atoms with Crippen molar-refractivity contribution >= 4 is 55.6 Å². The van der Waals surface area contributed by atoms with E-state index >= 15 is 0 Å². The molecule has 0 aliphatic rings. The number of nitrogens with one attached hydrogen (secondary N) is 3. The molecule has 3 N–H and O–H groups in total. The Morgan fingerprint density at radius 1 is 1.00 bits per heavy atom. The summed E-state index contributed by atoms with van der Waals surface area (Å²) in [4.78, 5) is 47.9. The topological polar surface area (TPSA) is 114 Å². The first-order valence-corrected chi connectivity index (χ1v) is 12.5. The Morgan fingerprint density at radius 2 is 1.62 bits per heavy atom. The fourth-order valence-electron chi connectivity index (χ4n) is 2.40. The first-order valence-electron chi connectivity index (χ1n) is 10.3. The van der Waals surface area contributed by atoms with Crippen LogP contribution in [-0.4, -0.2) is 53.5 Å². The predicted octanol–water partition coefficient (Wildman–Crippen LogP) is 3.02. The van der Waals surface area contributed by atoms with Gasteiger partial charge >= 0.3 is 5.97 Å². The number of methoxy groups -OCH3 is 1. The molecule has 10 heteroatoms. The molecule has 32 heavy (non-hydrogen) atoms. The molecule has 3 amide bonds. The van der Waals surface area contributed by atoms with E-state index in [1.54, 1.807) is 26.0 Å². The number of amides is 3. The number of alkyl halides is 2. The Kier molecular flexibility index (Phi) is 16.5. The monoisotopic (exact) mass is 577 g/mol. The van der Waals surface area contributed by atoms with Crippen LogP contribution >= 0.6 is 31.9 Å². The maximum absolute atomic E-state index is 12.5. The number of allylic oxidation sites excluding steroid dienone is 4. The number of halogens is 2. The molecule has 8 nitrogen and oxygen atoms in total. The first-order chi connectivity index (χ1) is 15.2. The third kappa shape index (κ3) is 13.5. The van der Waals surface area contributed by atoms with E-state index in [1.165, 1.54) is 7.11 Å². The SMILES string of the molecule is C=C/C(=C\C(=C/CCBr)NC(=O)[C@H](C)NC(=O)[C@H](C)NC(=O)CCCCC(=O)OC)CBr. The molecule has 0 rings (SSSR count). The lowest BCUT2D eigenvalue weighted by Crippen LogP contribution is -2.51. The average molecular weight is 579 g/mol. The van der Waals surface area contributed by atoms with Crippen LogP contribution in [-0.2, 0) is 23.9 Å². The molecule has 0 unspecified atom stereocenters. The summed E-state index contributed by atoms with van der Waals surface area (Å²) < 4.78 is 4.54. The van der Waals surface area contributed by atoms with Gasteiger partial charge in [0.15, 0.2) is 0 Å². The van der Waals surface area contributed by atoms with E-state index in [4.69, 9.17) is 0 Å². The maximum atomic E-state index is 12.5. The standard InChI is InChI=1S/C22H33Br2N3O5/c1-5-17(14-24)13-18(9-8-12-23)27-22(31)16(3)26-21(30)15(2)25-19(28)10-6-7-11-20(29)32-4/h5,9,13,15-16H,1,6-8,10-12,14H2,2-4H3,(H,25,28)(H,26,30)(H,27,31)/b17-13+,18-9+/t15-,16-/m0/s1. The molecule has 2 atom stereocenters. The van der Waals surface area contributed by atoms with E-state index in [0.717, 1.165) is 10.9 Å². The van der Waals surface area contributed by atoms with E-state index in [1.807, 2.05) is 6.08 Å². The second-order valence-corrected chi connectivity index (χ2v) is 8.34. The van der Waals surface area contributed by atoms with Crippen molar-refractivity contribution < 1.29 is 23.9 Å². The lowest BCUT2D eigenvalue weighted by Gasteiger charge is -2.19. The van der Waals surface area contributed by atoms with Crippen LogP contribution in [0.25, 0.3) is 0 Å². The van der Waals surface area contributed by atoms with Gasteiger partial charge in [-0.15, -0.1) is 0 Å². The van der Waals surface area contributed by atoms with Crippen LogP contribution in [0.15, 0.2) is 36.1 Å². The van der Waals surface area contributed by atoms with E-state index < -0.39 is 18.0 Å². The van der Waals surface area contributed by atoms with Crippen molar-refractivity contribution in [1.29, 1.82) is 0 Å². The van der Waals surface area contributed by atoms with Gasteiger partial charge in [0.05, 0.1) is 7.11 Å². The number of carbonyl (C=O) groups excluding carboxylic acids is 4. The van der Waals surface area contributed by atoms with Gasteiger partial charge in [-0.1, -0.05) is 50.6 Å². The summed E-state index contributed by atoms with van der Waals surface area (Å²) >= 11 is 6.72. The minimum absolute atomic E-state index is 0.192. The van der Waals surface area contributed by atoms with E-state index in [-0.39, 0.29) is 30.6 Å². The molecule has 0 aromatic heterocycles. The van der Waals surface area contributed by atoms with Gasteiger partial charge in [-0.3, -0.25) is 19.2 Å². The molecular formula is C22H33Br2N3O5. The van der Waals surface area contributed by atoms with Crippen molar-refractivity contribution in [3.63, 3.8) is 0 Å². The van der Waals surface area contributed by atoms with Crippen LogP contribution in [0.4, 0.5) is 0 Å². The van der Waals surface area contributed by atoms with Gasteiger partial charge in [0.1, 0.15) is 12.1 Å². The zero-order chi connectivity index (χ0) is 24.5. The Morgan fingerprint density at radius 3 is 2.19 bits per heavy atom. The normalized spacial score (nSPS) is 13.5. The summed E-state index contributed by atoms with van der Waals surface area (Å²) in [6, 6.07) is -1.61. The maximum Gasteiger partial charge on any atom is 0.305 e. The minimum Gasteiger partial charge on any atom is -0.469 e. The summed E-state index contributed by atoms with van der Waals surface area (Å²) in [5, 5.41) is 9.33. The Hall–Kier alpha value is -1.94. The second-order valence-electron chi connectivity index (χ2n) is 6.99. The molecule has 0 spiro atoms. The van der Waals surface area contributed by atoms with Crippen molar-refractivity contribution in [1.82, 2.24) is 16.0 Å². The molecule has 0 aliphatic heterocycles. The zero-order valence-corrected chi connectivity index (χ0v) is 22.0. The first kappa shape index (κ1) is 30.1. The number of rotatable bonds is 15. The average Bonchev–Trinajstić information content (AvgIpc) is 2.77. The van der Waals surface area contributed by atoms with Crippen molar-refractivity contribution in [3.8, 4) is 0 Å². The Bertz CT molecular complexity index is 722. The van der Waals surface area contributed by atoms with E-state index in [0.29, 0.717) is 30.3 Å². The molecule has 0 aromatic rings. The number of carbonyl (C=O) groups is 4.